The van der Waals surface area contributed by atoms with E-state index in [4.69, 9.17) is 0 Å². The van der Waals surface area contributed by atoms with Gasteiger partial charge in [0.05, 0.1) is 28.7 Å². The van der Waals surface area contributed by atoms with Gasteiger partial charge in [-0.25, -0.2) is 23.1 Å². The summed E-state index contributed by atoms with van der Waals surface area (Å²) in [4.78, 5) is 13.6. The van der Waals surface area contributed by atoms with Crippen molar-refractivity contribution in [3.05, 3.63) is 64.9 Å². The number of allylic oxidation sites excluding steroid dienone is 1. The molecule has 6 nitrogen and oxygen atoms in total. The summed E-state index contributed by atoms with van der Waals surface area (Å²) in [5, 5.41) is 13.5. The fourth-order valence-corrected chi connectivity index (χ4v) is 7.57. The van der Waals surface area contributed by atoms with Gasteiger partial charge in [0.25, 0.3) is 5.92 Å². The molecule has 1 unspecified atom stereocenters. The number of piperidine rings is 1. The highest BCUT2D eigenvalue weighted by atomic mass is 19.3. The van der Waals surface area contributed by atoms with Crippen LogP contribution < -0.4 is 10.2 Å². The molecule has 0 radical (unpaired) electrons. The summed E-state index contributed by atoms with van der Waals surface area (Å²) in [6.07, 6.45) is 11.8. The molecule has 1 saturated heterocycles. The maximum Gasteiger partial charge on any atom is 0.278 e. The molecule has 1 N–H and O–H groups in total. The Balaban J connectivity index is 1.39. The number of nitriles is 1. The third-order valence-electron chi connectivity index (χ3n) is 10.6. The van der Waals surface area contributed by atoms with Gasteiger partial charge in [0, 0.05) is 29.8 Å². The van der Waals surface area contributed by atoms with E-state index in [1.54, 1.807) is 13.0 Å². The van der Waals surface area contributed by atoms with Gasteiger partial charge in [-0.05, 0) is 83.5 Å². The topological polar surface area (TPSA) is 68.1 Å². The van der Waals surface area contributed by atoms with Gasteiger partial charge in [-0.1, -0.05) is 44.0 Å². The fourth-order valence-electron chi connectivity index (χ4n) is 7.57. The van der Waals surface area contributed by atoms with E-state index in [0.29, 0.717) is 50.2 Å². The van der Waals surface area contributed by atoms with Gasteiger partial charge in [-0.3, -0.25) is 0 Å². The molecule has 9 heteroatoms. The van der Waals surface area contributed by atoms with E-state index in [1.807, 2.05) is 6.08 Å². The summed E-state index contributed by atoms with van der Waals surface area (Å²) in [5.41, 5.74) is 1.43. The number of aromatic nitrogens is 2. The minimum Gasteiger partial charge on any atom is -0.363 e. The van der Waals surface area contributed by atoms with Crippen molar-refractivity contribution in [2.45, 2.75) is 96.1 Å². The molecule has 44 heavy (non-hydrogen) atoms. The number of anilines is 2. The van der Waals surface area contributed by atoms with Gasteiger partial charge >= 0.3 is 0 Å². The van der Waals surface area contributed by atoms with Gasteiger partial charge in [-0.15, -0.1) is 0 Å². The predicted molar refractivity (Wildman–Crippen MR) is 168 cm³/mol. The molecular weight excluding hydrogens is 561 g/mol. The zero-order valence-corrected chi connectivity index (χ0v) is 25.9. The Bertz CT molecular complexity index is 1470. The van der Waals surface area contributed by atoms with Crippen LogP contribution in [0.3, 0.4) is 0 Å². The van der Waals surface area contributed by atoms with Crippen LogP contribution in [0.15, 0.2) is 42.4 Å². The zero-order valence-electron chi connectivity index (χ0n) is 25.9. The van der Waals surface area contributed by atoms with E-state index in [2.05, 4.69) is 44.7 Å². The van der Waals surface area contributed by atoms with Crippen molar-refractivity contribution in [3.8, 4) is 6.07 Å². The number of halogens is 3. The number of alkyl halides is 2. The van der Waals surface area contributed by atoms with Crippen LogP contribution in [0.5, 0.6) is 0 Å². The quantitative estimate of drug-likeness (QED) is 0.353. The van der Waals surface area contributed by atoms with Crippen LogP contribution in [0.2, 0.25) is 0 Å². The van der Waals surface area contributed by atoms with Gasteiger partial charge in [0.1, 0.15) is 23.8 Å². The highest BCUT2D eigenvalue weighted by Crippen LogP contribution is 2.53. The third kappa shape index (κ3) is 5.40. The average Bonchev–Trinajstić information content (AvgIpc) is 2.99. The summed E-state index contributed by atoms with van der Waals surface area (Å²) >= 11 is 0. The van der Waals surface area contributed by atoms with Gasteiger partial charge in [-0.2, -0.15) is 5.26 Å². The molecule has 2 aromatic rings. The van der Waals surface area contributed by atoms with Crippen LogP contribution in [0.25, 0.3) is 6.08 Å². The summed E-state index contributed by atoms with van der Waals surface area (Å²) in [6.45, 7) is 10.3. The SMILES string of the molecule is C=C1C(C2(C#N)CCC2)=Cc2c3ncnc2N1CCCCCCC(C)N1CCC(CC1)C(F)(F)c1cccc(c1F)[C@@H](C)N3. The first-order chi connectivity index (χ1) is 21.2. The Morgan fingerprint density at radius 1 is 1.00 bits per heavy atom. The third-order valence-corrected chi connectivity index (χ3v) is 10.6. The van der Waals surface area contributed by atoms with Crippen LogP contribution in [-0.2, 0) is 5.92 Å². The second-order valence-corrected chi connectivity index (χ2v) is 13.2. The van der Waals surface area contributed by atoms with Crippen LogP contribution in [0.1, 0.15) is 101 Å². The molecule has 1 saturated carbocycles. The minimum absolute atomic E-state index is 0.167. The molecule has 1 aromatic heterocycles. The molecule has 1 aromatic carbocycles. The Morgan fingerprint density at radius 2 is 1.75 bits per heavy atom. The van der Waals surface area contributed by atoms with Crippen molar-refractivity contribution in [2.24, 2.45) is 11.3 Å². The molecule has 0 spiro atoms. The lowest BCUT2D eigenvalue weighted by molar-refractivity contribution is -0.0907. The van der Waals surface area contributed by atoms with Crippen molar-refractivity contribution in [1.82, 2.24) is 14.9 Å². The van der Waals surface area contributed by atoms with Crippen molar-refractivity contribution in [3.63, 3.8) is 0 Å². The van der Waals surface area contributed by atoms with E-state index < -0.39 is 34.7 Å². The molecule has 8 bridgehead atoms. The van der Waals surface area contributed by atoms with Gasteiger partial charge < -0.3 is 15.1 Å². The first-order valence-electron chi connectivity index (χ1n) is 16.3. The van der Waals surface area contributed by atoms with E-state index in [9.17, 15) is 5.26 Å². The van der Waals surface area contributed by atoms with Crippen molar-refractivity contribution < 1.29 is 13.2 Å². The van der Waals surface area contributed by atoms with Crippen molar-refractivity contribution in [2.75, 3.05) is 29.9 Å². The molecule has 1 aliphatic carbocycles. The highest BCUT2D eigenvalue weighted by Gasteiger charge is 2.46. The highest BCUT2D eigenvalue weighted by molar-refractivity contribution is 5.84. The lowest BCUT2D eigenvalue weighted by atomic mass is 9.63. The largest absolute Gasteiger partial charge is 0.363 e. The summed E-state index contributed by atoms with van der Waals surface area (Å²) in [5.74, 6) is -3.86. The number of fused-ring (bicyclic) bond motifs is 9. The minimum atomic E-state index is -3.27. The average molecular weight is 605 g/mol. The molecule has 234 valence electrons. The summed E-state index contributed by atoms with van der Waals surface area (Å²) in [7, 11) is 0. The molecular formula is C35H43F3N6. The van der Waals surface area contributed by atoms with Crippen LogP contribution in [0.4, 0.5) is 24.8 Å². The van der Waals surface area contributed by atoms with Crippen LogP contribution in [0, 0.1) is 28.5 Å². The summed E-state index contributed by atoms with van der Waals surface area (Å²) < 4.78 is 47.9. The second-order valence-electron chi connectivity index (χ2n) is 13.2. The lowest BCUT2D eigenvalue weighted by Gasteiger charge is -2.43. The number of benzene rings is 1. The smallest absolute Gasteiger partial charge is 0.278 e. The standard InChI is InChI=1S/C35H43F3N6/c1-23-10-6-4-5-7-17-44-25(3)30(34(21-39)15-9-16-34)20-28-32(40-22-41-33(28)44)42-24(2)27-11-8-12-29(31(27)36)35(37,38)26-13-18-43(23)19-14-26/h8,11-12,20,22-24,26H,3-7,9-10,13-19H2,1-2H3,(H,40,41,42)/t23?,24-/m1/s1. The monoisotopic (exact) mass is 604 g/mol. The number of rotatable bonds is 1. The maximum absolute atomic E-state index is 16.0. The van der Waals surface area contributed by atoms with Gasteiger partial charge in [0.2, 0.25) is 0 Å². The first kappa shape index (κ1) is 30.6. The van der Waals surface area contributed by atoms with Crippen LogP contribution in [-0.4, -0.2) is 40.5 Å². The number of hydrogen-bond donors (Lipinski definition) is 1. The molecule has 5 aliphatic rings. The Kier molecular flexibility index (Phi) is 8.49. The number of nitrogens with zero attached hydrogens (tertiary/aromatic N) is 5. The molecule has 2 fully saturated rings. The molecule has 0 amide bonds. The number of nitrogens with one attached hydrogen (secondary N) is 1. The first-order valence-corrected chi connectivity index (χ1v) is 16.3. The van der Waals surface area contributed by atoms with E-state index in [0.717, 1.165) is 68.2 Å². The Hall–Kier alpha value is -3.38. The predicted octanol–water partition coefficient (Wildman–Crippen LogP) is 8.36. The Morgan fingerprint density at radius 3 is 2.45 bits per heavy atom. The molecule has 5 heterocycles. The van der Waals surface area contributed by atoms with E-state index >= 15 is 13.2 Å². The van der Waals surface area contributed by atoms with Gasteiger partial charge in [0.15, 0.2) is 0 Å². The van der Waals surface area contributed by atoms with E-state index in [1.165, 1.54) is 18.5 Å². The second kappa shape index (κ2) is 12.2. The molecule has 7 rings (SSSR count). The lowest BCUT2D eigenvalue weighted by Crippen LogP contribution is -2.43. The van der Waals surface area contributed by atoms with Crippen molar-refractivity contribution in [1.29, 1.82) is 5.26 Å². The van der Waals surface area contributed by atoms with Crippen LogP contribution >= 0.6 is 0 Å². The van der Waals surface area contributed by atoms with Crippen molar-refractivity contribution >= 4 is 17.7 Å². The fraction of sp³-hybridized carbons (Fsp3) is 0.571. The molecule has 4 aliphatic heterocycles. The number of hydrogen-bond acceptors (Lipinski definition) is 6. The normalized spacial score (nSPS) is 28.5. The Labute approximate surface area is 259 Å². The molecule has 2 atom stereocenters. The van der Waals surface area contributed by atoms with E-state index in [-0.39, 0.29) is 5.56 Å². The maximum atomic E-state index is 16.0. The zero-order chi connectivity index (χ0) is 31.1. The summed E-state index contributed by atoms with van der Waals surface area (Å²) in [6, 6.07) is 6.57.